The lowest BCUT2D eigenvalue weighted by atomic mass is 10.1. The molecule has 3 rings (SSSR count). The molecule has 1 aromatic heterocycles. The zero-order valence-electron chi connectivity index (χ0n) is 14.1. The molecular formula is C18H18ClF3N3O+. The van der Waals surface area contributed by atoms with Crippen molar-refractivity contribution in [2.75, 3.05) is 31.1 Å². The Balaban J connectivity index is 1.68. The Hall–Kier alpha value is -2.28. The molecule has 0 spiro atoms. The van der Waals surface area contributed by atoms with E-state index in [1.807, 2.05) is 30.0 Å². The fourth-order valence-corrected chi connectivity index (χ4v) is 3.25. The van der Waals surface area contributed by atoms with Crippen molar-refractivity contribution in [1.29, 1.82) is 0 Å². The highest BCUT2D eigenvalue weighted by molar-refractivity contribution is 6.32. The number of H-pyrrole nitrogens is 1. The van der Waals surface area contributed by atoms with Crippen LogP contribution in [0.3, 0.4) is 0 Å². The van der Waals surface area contributed by atoms with E-state index in [1.54, 1.807) is 11.0 Å². The second-order valence-electron chi connectivity index (χ2n) is 6.23. The van der Waals surface area contributed by atoms with Crippen LogP contribution in [0.15, 0.2) is 36.5 Å². The van der Waals surface area contributed by atoms with Gasteiger partial charge in [-0.3, -0.25) is 9.69 Å². The van der Waals surface area contributed by atoms with Crippen molar-refractivity contribution < 1.29 is 22.9 Å². The van der Waals surface area contributed by atoms with E-state index in [0.717, 1.165) is 17.8 Å². The van der Waals surface area contributed by atoms with E-state index in [1.165, 1.54) is 0 Å². The van der Waals surface area contributed by atoms with Gasteiger partial charge in [0.15, 0.2) is 0 Å². The topological polar surface area (TPSA) is 37.7 Å². The van der Waals surface area contributed by atoms with Crippen molar-refractivity contribution in [1.82, 2.24) is 4.90 Å². The number of hydrogen-bond donors (Lipinski definition) is 0. The van der Waals surface area contributed by atoms with Gasteiger partial charge in [-0.1, -0.05) is 29.3 Å². The summed E-state index contributed by atoms with van der Waals surface area (Å²) in [7, 11) is 0. The molecule has 4 nitrogen and oxygen atoms in total. The number of carbonyl (C=O) groups is 1. The Labute approximate surface area is 154 Å². The fraction of sp³-hybridized carbons (Fsp3) is 0.333. The summed E-state index contributed by atoms with van der Waals surface area (Å²) in [6, 6.07) is 8.31. The molecule has 2 aromatic rings. The maximum atomic E-state index is 12.7. The summed E-state index contributed by atoms with van der Waals surface area (Å²) in [5.74, 6) is 0.387. The fourth-order valence-electron chi connectivity index (χ4n) is 2.96. The average Bonchev–Trinajstić information content (AvgIpc) is 2.60. The molecule has 0 atom stereocenters. The molecule has 138 valence electrons. The second-order valence-corrected chi connectivity index (χ2v) is 6.64. The zero-order valence-corrected chi connectivity index (χ0v) is 14.9. The van der Waals surface area contributed by atoms with Crippen LogP contribution in [0.2, 0.25) is 5.02 Å². The number of nitrogens with one attached hydrogen (secondary N) is 1. The van der Waals surface area contributed by atoms with Gasteiger partial charge in [-0.15, -0.1) is 0 Å². The van der Waals surface area contributed by atoms with Gasteiger partial charge in [0.1, 0.15) is 24.3 Å². The first-order chi connectivity index (χ1) is 12.3. The summed E-state index contributed by atoms with van der Waals surface area (Å²) < 4.78 is 38.2. The molecule has 1 fully saturated rings. The molecule has 1 aromatic carbocycles. The van der Waals surface area contributed by atoms with Crippen molar-refractivity contribution in [3.63, 3.8) is 0 Å². The number of carbonyl (C=O) groups excluding carboxylic acids is 1. The third-order valence-electron chi connectivity index (χ3n) is 4.35. The number of alkyl halides is 3. The van der Waals surface area contributed by atoms with Crippen molar-refractivity contribution in [3.05, 3.63) is 58.2 Å². The highest BCUT2D eigenvalue weighted by Crippen LogP contribution is 2.32. The Morgan fingerprint density at radius 2 is 1.85 bits per heavy atom. The van der Waals surface area contributed by atoms with Gasteiger partial charge in [-0.2, -0.15) is 13.2 Å². The van der Waals surface area contributed by atoms with Crippen LogP contribution >= 0.6 is 11.6 Å². The largest absolute Gasteiger partial charge is 0.419 e. The minimum atomic E-state index is -4.45. The van der Waals surface area contributed by atoms with Crippen LogP contribution in [0, 0.1) is 6.92 Å². The average molecular weight is 385 g/mol. The monoisotopic (exact) mass is 384 g/mol. The highest BCUT2D eigenvalue weighted by atomic mass is 35.5. The standard InChI is InChI=1S/C18H17ClF3N3O/c1-12-3-2-4-13(9-12)17(26)25-7-5-24(6-8-25)16-15(19)10-14(11-23-16)18(20,21)22/h2-4,9-11H,5-8H2,1H3/p+1. The van der Waals surface area contributed by atoms with E-state index in [2.05, 4.69) is 4.98 Å². The lowest BCUT2D eigenvalue weighted by Gasteiger charge is -2.31. The van der Waals surface area contributed by atoms with Crippen LogP contribution in [0.5, 0.6) is 0 Å². The first-order valence-electron chi connectivity index (χ1n) is 8.15. The lowest BCUT2D eigenvalue weighted by molar-refractivity contribution is -0.367. The molecule has 1 aliphatic rings. The number of anilines is 1. The number of nitrogens with zero attached hydrogens (tertiary/aromatic N) is 2. The van der Waals surface area contributed by atoms with Crippen molar-refractivity contribution in [3.8, 4) is 0 Å². The van der Waals surface area contributed by atoms with E-state index in [9.17, 15) is 18.0 Å². The van der Waals surface area contributed by atoms with Gasteiger partial charge in [0.25, 0.3) is 11.7 Å². The van der Waals surface area contributed by atoms with Crippen molar-refractivity contribution >= 4 is 23.3 Å². The smallest absolute Gasteiger partial charge is 0.331 e. The van der Waals surface area contributed by atoms with E-state index in [0.29, 0.717) is 37.6 Å². The maximum absolute atomic E-state index is 12.7. The number of benzene rings is 1. The third-order valence-corrected chi connectivity index (χ3v) is 4.64. The Bertz CT molecular complexity index is 818. The van der Waals surface area contributed by atoms with E-state index in [4.69, 9.17) is 11.6 Å². The van der Waals surface area contributed by atoms with Crippen LogP contribution in [0.1, 0.15) is 21.5 Å². The molecular weight excluding hydrogens is 367 g/mol. The molecule has 1 aliphatic heterocycles. The van der Waals surface area contributed by atoms with E-state index in [-0.39, 0.29) is 10.9 Å². The highest BCUT2D eigenvalue weighted by Gasteiger charge is 2.34. The molecule has 0 radical (unpaired) electrons. The lowest BCUT2D eigenvalue weighted by Crippen LogP contribution is -2.50. The summed E-state index contributed by atoms with van der Waals surface area (Å²) in [5.41, 5.74) is 0.831. The molecule has 1 amide bonds. The number of amides is 1. The molecule has 0 saturated carbocycles. The Morgan fingerprint density at radius 1 is 1.15 bits per heavy atom. The number of hydrogen-bond acceptors (Lipinski definition) is 2. The minimum absolute atomic E-state index is 0.0123. The first-order valence-corrected chi connectivity index (χ1v) is 8.53. The molecule has 0 unspecified atom stereocenters. The SMILES string of the molecule is Cc1cccc(C(=O)N2CCN(c3[nH+]cc(C(F)(F)F)cc3Cl)CC2)c1. The number of aryl methyl sites for hydroxylation is 1. The summed E-state index contributed by atoms with van der Waals surface area (Å²) in [6.07, 6.45) is -3.54. The van der Waals surface area contributed by atoms with Gasteiger partial charge in [-0.25, -0.2) is 4.98 Å². The molecule has 0 aliphatic carbocycles. The van der Waals surface area contributed by atoms with Crippen molar-refractivity contribution in [2.45, 2.75) is 13.1 Å². The Kier molecular flexibility index (Phi) is 5.09. The van der Waals surface area contributed by atoms with Crippen LogP contribution in [-0.2, 0) is 6.18 Å². The predicted molar refractivity (Wildman–Crippen MR) is 92.3 cm³/mol. The van der Waals surface area contributed by atoms with Crippen LogP contribution in [0.25, 0.3) is 0 Å². The second kappa shape index (κ2) is 7.15. The Morgan fingerprint density at radius 3 is 2.42 bits per heavy atom. The van der Waals surface area contributed by atoms with Gasteiger partial charge in [0, 0.05) is 5.56 Å². The number of piperazine rings is 1. The van der Waals surface area contributed by atoms with Gasteiger partial charge in [0.05, 0.1) is 18.7 Å². The normalized spacial score (nSPS) is 15.3. The molecule has 2 heterocycles. The summed E-state index contributed by atoms with van der Waals surface area (Å²) in [5, 5.41) is 0.0123. The molecule has 8 heteroatoms. The summed E-state index contributed by atoms with van der Waals surface area (Å²) in [4.78, 5) is 18.8. The molecule has 1 N–H and O–H groups in total. The van der Waals surface area contributed by atoms with Crippen LogP contribution in [0.4, 0.5) is 19.0 Å². The number of aromatic nitrogens is 1. The van der Waals surface area contributed by atoms with Gasteiger partial charge < -0.3 is 4.90 Å². The van der Waals surface area contributed by atoms with Crippen LogP contribution in [-0.4, -0.2) is 37.0 Å². The predicted octanol–water partition coefficient (Wildman–Crippen LogP) is 3.44. The van der Waals surface area contributed by atoms with Crippen molar-refractivity contribution in [2.24, 2.45) is 0 Å². The minimum Gasteiger partial charge on any atom is -0.331 e. The number of rotatable bonds is 2. The van der Waals surface area contributed by atoms with E-state index < -0.39 is 11.7 Å². The number of aromatic amines is 1. The number of halogens is 4. The zero-order chi connectivity index (χ0) is 18.9. The number of pyridine rings is 1. The first kappa shape index (κ1) is 18.5. The quantitative estimate of drug-likeness (QED) is 0.795. The summed E-state index contributed by atoms with van der Waals surface area (Å²) >= 11 is 6.03. The molecule has 0 bridgehead atoms. The molecule has 1 saturated heterocycles. The maximum Gasteiger partial charge on any atom is 0.419 e. The molecule has 26 heavy (non-hydrogen) atoms. The summed E-state index contributed by atoms with van der Waals surface area (Å²) in [6.45, 7) is 3.84. The third kappa shape index (κ3) is 3.93. The van der Waals surface area contributed by atoms with E-state index >= 15 is 0 Å². The van der Waals surface area contributed by atoms with Gasteiger partial charge >= 0.3 is 6.18 Å². The van der Waals surface area contributed by atoms with Gasteiger partial charge in [0.2, 0.25) is 0 Å². The van der Waals surface area contributed by atoms with Gasteiger partial charge in [-0.05, 0) is 25.1 Å². The van der Waals surface area contributed by atoms with Crippen LogP contribution < -0.4 is 9.88 Å².